The highest BCUT2D eigenvalue weighted by Gasteiger charge is 2.24. The van der Waals surface area contributed by atoms with Gasteiger partial charge in [-0.25, -0.2) is 0 Å². The highest BCUT2D eigenvalue weighted by Crippen LogP contribution is 2.20. The lowest BCUT2D eigenvalue weighted by atomic mass is 10.1. The van der Waals surface area contributed by atoms with Crippen LogP contribution in [0.2, 0.25) is 0 Å². The summed E-state index contributed by atoms with van der Waals surface area (Å²) in [6, 6.07) is 4.06. The topological polar surface area (TPSA) is 74.5 Å². The van der Waals surface area contributed by atoms with E-state index in [9.17, 15) is 4.79 Å². The summed E-state index contributed by atoms with van der Waals surface area (Å²) in [5.41, 5.74) is 7.35. The van der Waals surface area contributed by atoms with Gasteiger partial charge in [-0.15, -0.1) is 0 Å². The molecule has 2 heterocycles. The van der Waals surface area contributed by atoms with Crippen LogP contribution in [0.3, 0.4) is 0 Å². The van der Waals surface area contributed by atoms with Crippen LogP contribution in [0.1, 0.15) is 17.4 Å². The molecular formula is C14H23N5O. The average molecular weight is 277 g/mol. The molecular weight excluding hydrogens is 254 g/mol. The maximum Gasteiger partial charge on any atom is 0.269 e. The Morgan fingerprint density at radius 3 is 3.05 bits per heavy atom. The van der Waals surface area contributed by atoms with Gasteiger partial charge < -0.3 is 20.9 Å². The number of carbonyl (C=O) groups excluding carboxylic acids is 1. The third-order valence-electron chi connectivity index (χ3n) is 3.60. The van der Waals surface area contributed by atoms with E-state index in [1.54, 1.807) is 6.20 Å². The van der Waals surface area contributed by atoms with Crippen LogP contribution >= 0.6 is 0 Å². The number of piperazine rings is 1. The number of hydrogen-bond donors (Lipinski definition) is 2. The molecule has 1 aliphatic heterocycles. The molecule has 3 N–H and O–H groups in total. The second-order valence-corrected chi connectivity index (χ2v) is 5.10. The summed E-state index contributed by atoms with van der Waals surface area (Å²) in [7, 11) is 2.10. The van der Waals surface area contributed by atoms with Gasteiger partial charge in [-0.1, -0.05) is 0 Å². The molecule has 1 aliphatic rings. The minimum Gasteiger partial charge on any atom is -0.365 e. The van der Waals surface area contributed by atoms with Crippen molar-refractivity contribution in [2.45, 2.75) is 13.0 Å². The van der Waals surface area contributed by atoms with Gasteiger partial charge in [0.25, 0.3) is 5.91 Å². The summed E-state index contributed by atoms with van der Waals surface area (Å²) in [6.45, 7) is 5.95. The molecule has 0 bridgehead atoms. The Morgan fingerprint density at radius 1 is 1.55 bits per heavy atom. The highest BCUT2D eigenvalue weighted by molar-refractivity contribution is 5.93. The second-order valence-electron chi connectivity index (χ2n) is 5.10. The number of nitrogens with one attached hydrogen (secondary N) is 1. The SMILES string of the molecule is CCNC(=O)c1cc(N2CCN(C)CC2CN)ccn1. The number of rotatable bonds is 4. The highest BCUT2D eigenvalue weighted by atomic mass is 16.1. The fourth-order valence-electron chi connectivity index (χ4n) is 2.53. The van der Waals surface area contributed by atoms with Crippen LogP contribution in [0, 0.1) is 0 Å². The molecule has 2 rings (SSSR count). The number of carbonyl (C=O) groups is 1. The van der Waals surface area contributed by atoms with E-state index in [1.165, 1.54) is 0 Å². The molecule has 1 aromatic rings. The fraction of sp³-hybridized carbons (Fsp3) is 0.571. The first-order chi connectivity index (χ1) is 9.65. The van der Waals surface area contributed by atoms with Gasteiger partial charge in [-0.3, -0.25) is 9.78 Å². The minimum absolute atomic E-state index is 0.132. The van der Waals surface area contributed by atoms with Crippen molar-refractivity contribution < 1.29 is 4.79 Å². The molecule has 110 valence electrons. The Bertz CT molecular complexity index is 465. The first-order valence-electron chi connectivity index (χ1n) is 7.05. The van der Waals surface area contributed by atoms with E-state index in [0.717, 1.165) is 25.3 Å². The van der Waals surface area contributed by atoms with Crippen molar-refractivity contribution in [2.24, 2.45) is 5.73 Å². The molecule has 1 fully saturated rings. The van der Waals surface area contributed by atoms with Crippen molar-refractivity contribution in [3.8, 4) is 0 Å². The van der Waals surface area contributed by atoms with Gasteiger partial charge in [0.2, 0.25) is 0 Å². The predicted octanol–water partition coefficient (Wildman–Crippen LogP) is -0.0896. The van der Waals surface area contributed by atoms with Crippen LogP contribution < -0.4 is 16.0 Å². The molecule has 0 aliphatic carbocycles. The van der Waals surface area contributed by atoms with Gasteiger partial charge >= 0.3 is 0 Å². The molecule has 1 unspecified atom stereocenters. The zero-order valence-corrected chi connectivity index (χ0v) is 12.2. The lowest BCUT2D eigenvalue weighted by molar-refractivity contribution is 0.0951. The molecule has 0 spiro atoms. The summed E-state index contributed by atoms with van der Waals surface area (Å²) in [4.78, 5) is 20.5. The van der Waals surface area contributed by atoms with E-state index in [1.807, 2.05) is 19.1 Å². The van der Waals surface area contributed by atoms with Crippen LogP contribution in [-0.4, -0.2) is 61.6 Å². The average Bonchev–Trinajstić information content (AvgIpc) is 2.47. The molecule has 6 nitrogen and oxygen atoms in total. The lowest BCUT2D eigenvalue weighted by Crippen LogP contribution is -2.55. The Morgan fingerprint density at radius 2 is 2.35 bits per heavy atom. The van der Waals surface area contributed by atoms with Crippen LogP contribution in [0.4, 0.5) is 5.69 Å². The largest absolute Gasteiger partial charge is 0.365 e. The summed E-state index contributed by atoms with van der Waals surface area (Å²) < 4.78 is 0. The number of hydrogen-bond acceptors (Lipinski definition) is 5. The Kier molecular flexibility index (Phi) is 4.92. The molecule has 0 radical (unpaired) electrons. The summed E-state index contributed by atoms with van der Waals surface area (Å²) in [5, 5.41) is 2.77. The molecule has 1 atom stereocenters. The molecule has 6 heteroatoms. The van der Waals surface area contributed by atoms with Crippen molar-refractivity contribution >= 4 is 11.6 Å². The first-order valence-corrected chi connectivity index (χ1v) is 7.05. The van der Waals surface area contributed by atoms with E-state index in [-0.39, 0.29) is 11.9 Å². The third-order valence-corrected chi connectivity index (χ3v) is 3.60. The monoisotopic (exact) mass is 277 g/mol. The van der Waals surface area contributed by atoms with Gasteiger partial charge in [0.1, 0.15) is 5.69 Å². The number of pyridine rings is 1. The van der Waals surface area contributed by atoms with Crippen LogP contribution in [-0.2, 0) is 0 Å². The Balaban J connectivity index is 2.19. The molecule has 1 amide bonds. The zero-order chi connectivity index (χ0) is 14.5. The van der Waals surface area contributed by atoms with E-state index < -0.39 is 0 Å². The van der Waals surface area contributed by atoms with Gasteiger partial charge in [0, 0.05) is 44.6 Å². The van der Waals surface area contributed by atoms with Crippen molar-refractivity contribution in [1.82, 2.24) is 15.2 Å². The zero-order valence-electron chi connectivity index (χ0n) is 12.2. The molecule has 0 aromatic carbocycles. The number of amides is 1. The number of nitrogens with two attached hydrogens (primary N) is 1. The fourth-order valence-corrected chi connectivity index (χ4v) is 2.53. The maximum absolute atomic E-state index is 11.9. The van der Waals surface area contributed by atoms with Gasteiger partial charge in [0.15, 0.2) is 0 Å². The quantitative estimate of drug-likeness (QED) is 0.804. The smallest absolute Gasteiger partial charge is 0.269 e. The number of likely N-dealkylation sites (N-methyl/N-ethyl adjacent to an activating group) is 1. The molecule has 1 saturated heterocycles. The van der Waals surface area contributed by atoms with Crippen molar-refractivity contribution in [2.75, 3.05) is 44.7 Å². The lowest BCUT2D eigenvalue weighted by Gasteiger charge is -2.41. The van der Waals surface area contributed by atoms with E-state index in [2.05, 4.69) is 27.1 Å². The number of aromatic nitrogens is 1. The molecule has 1 aromatic heterocycles. The van der Waals surface area contributed by atoms with Crippen molar-refractivity contribution in [1.29, 1.82) is 0 Å². The molecule has 20 heavy (non-hydrogen) atoms. The minimum atomic E-state index is -0.132. The summed E-state index contributed by atoms with van der Waals surface area (Å²) >= 11 is 0. The van der Waals surface area contributed by atoms with Gasteiger partial charge in [-0.2, -0.15) is 0 Å². The second kappa shape index (κ2) is 6.67. The van der Waals surface area contributed by atoms with E-state index in [0.29, 0.717) is 18.8 Å². The predicted molar refractivity (Wildman–Crippen MR) is 79.9 cm³/mol. The Labute approximate surface area is 120 Å². The normalized spacial score (nSPS) is 19.9. The summed E-state index contributed by atoms with van der Waals surface area (Å²) in [6.07, 6.45) is 1.69. The van der Waals surface area contributed by atoms with Crippen molar-refractivity contribution in [3.05, 3.63) is 24.0 Å². The maximum atomic E-state index is 11.9. The molecule has 0 saturated carbocycles. The first kappa shape index (κ1) is 14.7. The third kappa shape index (κ3) is 3.26. The van der Waals surface area contributed by atoms with Crippen LogP contribution in [0.5, 0.6) is 0 Å². The standard InChI is InChI=1S/C14H23N5O/c1-3-16-14(20)13-8-11(4-5-17-13)19-7-6-18(2)10-12(19)9-15/h4-5,8,12H,3,6-7,9-10,15H2,1-2H3,(H,16,20). The number of anilines is 1. The van der Waals surface area contributed by atoms with E-state index >= 15 is 0 Å². The van der Waals surface area contributed by atoms with Crippen LogP contribution in [0.25, 0.3) is 0 Å². The number of nitrogens with zero attached hydrogens (tertiary/aromatic N) is 3. The summed E-state index contributed by atoms with van der Waals surface area (Å²) in [5.74, 6) is -0.132. The van der Waals surface area contributed by atoms with Crippen LogP contribution in [0.15, 0.2) is 18.3 Å². The van der Waals surface area contributed by atoms with Gasteiger partial charge in [0.05, 0.1) is 6.04 Å². The van der Waals surface area contributed by atoms with Crippen molar-refractivity contribution in [3.63, 3.8) is 0 Å². The Hall–Kier alpha value is -1.66. The van der Waals surface area contributed by atoms with E-state index in [4.69, 9.17) is 5.73 Å². The van der Waals surface area contributed by atoms with Gasteiger partial charge in [-0.05, 0) is 26.1 Å².